The summed E-state index contributed by atoms with van der Waals surface area (Å²) in [5, 5.41) is 21.9. The molecule has 10 heteroatoms. The number of aliphatic hydroxyl groups excluding tert-OH is 2. The molecule has 1 saturated heterocycles. The minimum absolute atomic E-state index is 0.0861. The topological polar surface area (TPSA) is 151 Å². The molecule has 1 aromatic rings. The Labute approximate surface area is 185 Å². The Morgan fingerprint density at radius 2 is 2.09 bits per heavy atom. The molecule has 1 unspecified atom stereocenters. The van der Waals surface area contributed by atoms with Gasteiger partial charge >= 0.3 is 12.0 Å². The summed E-state index contributed by atoms with van der Waals surface area (Å²) in [4.78, 5) is 38.2. The molecular formula is C22H27N3O7. The molecule has 172 valence electrons. The maximum absolute atomic E-state index is 13.2. The Morgan fingerprint density at radius 1 is 1.38 bits per heavy atom. The van der Waals surface area contributed by atoms with Crippen molar-refractivity contribution in [3.05, 3.63) is 59.8 Å². The molecule has 0 saturated carbocycles. The Kier molecular flexibility index (Phi) is 7.41. The van der Waals surface area contributed by atoms with E-state index in [1.54, 1.807) is 42.5 Å². The average molecular weight is 445 g/mol. The zero-order valence-corrected chi connectivity index (χ0v) is 17.6. The Hall–Kier alpha value is -3.05. The van der Waals surface area contributed by atoms with E-state index in [0.29, 0.717) is 12.0 Å². The molecule has 32 heavy (non-hydrogen) atoms. The van der Waals surface area contributed by atoms with Gasteiger partial charge in [-0.25, -0.2) is 4.79 Å². The molecule has 4 atom stereocenters. The van der Waals surface area contributed by atoms with Crippen molar-refractivity contribution in [2.45, 2.75) is 43.9 Å². The van der Waals surface area contributed by atoms with Gasteiger partial charge < -0.3 is 25.0 Å². The lowest BCUT2D eigenvalue weighted by Crippen LogP contribution is -2.67. The highest BCUT2D eigenvalue weighted by molar-refractivity contribution is 6.08. The molecule has 3 rings (SSSR count). The smallest absolute Gasteiger partial charge is 0.325 e. The van der Waals surface area contributed by atoms with Gasteiger partial charge in [0.1, 0.15) is 12.3 Å². The first kappa shape index (κ1) is 23.6. The Morgan fingerprint density at radius 3 is 2.72 bits per heavy atom. The van der Waals surface area contributed by atoms with Crippen LogP contribution in [-0.4, -0.2) is 70.2 Å². The second kappa shape index (κ2) is 10.0. The molecule has 2 aliphatic heterocycles. The van der Waals surface area contributed by atoms with E-state index in [4.69, 9.17) is 15.2 Å². The number of hydrogen-bond acceptors (Lipinski definition) is 8. The first-order valence-electron chi connectivity index (χ1n) is 10.2. The molecule has 0 aromatic heterocycles. The van der Waals surface area contributed by atoms with Crippen molar-refractivity contribution < 1.29 is 34.1 Å². The van der Waals surface area contributed by atoms with E-state index in [1.807, 2.05) is 0 Å². The van der Waals surface area contributed by atoms with E-state index in [-0.39, 0.29) is 18.6 Å². The van der Waals surface area contributed by atoms with Crippen molar-refractivity contribution in [3.63, 3.8) is 0 Å². The third kappa shape index (κ3) is 5.05. The van der Waals surface area contributed by atoms with E-state index >= 15 is 0 Å². The van der Waals surface area contributed by atoms with Gasteiger partial charge in [-0.15, -0.1) is 0 Å². The average Bonchev–Trinajstić information content (AvgIpc) is 3.15. The number of ether oxygens (including phenoxy) is 2. The van der Waals surface area contributed by atoms with E-state index in [1.165, 1.54) is 18.0 Å². The second-order valence-corrected chi connectivity index (χ2v) is 7.57. The highest BCUT2D eigenvalue weighted by atomic mass is 16.5. The lowest BCUT2D eigenvalue weighted by Gasteiger charge is -2.39. The summed E-state index contributed by atoms with van der Waals surface area (Å²) >= 11 is 0. The maximum atomic E-state index is 13.2. The number of nitrogens with zero attached hydrogens (tertiary/aromatic N) is 1. The molecule has 10 nitrogen and oxygen atoms in total. The SMILES string of the molecule is CC(=O)OCCC=CC1=CN([C@H]2C[C@H](O)[C@@H](CO)O2)C(=O)NC1(N)C(=O)c1ccccc1. The van der Waals surface area contributed by atoms with Gasteiger partial charge in [0.15, 0.2) is 5.66 Å². The molecule has 1 aromatic carbocycles. The van der Waals surface area contributed by atoms with Crippen LogP contribution in [0, 0.1) is 0 Å². The number of Topliss-reactive ketones (excluding diaryl/α,β-unsaturated/α-hetero) is 1. The third-order valence-corrected chi connectivity index (χ3v) is 5.25. The molecule has 5 N–H and O–H groups in total. The molecule has 1 fully saturated rings. The van der Waals surface area contributed by atoms with Gasteiger partial charge in [0.25, 0.3) is 0 Å². The van der Waals surface area contributed by atoms with Crippen molar-refractivity contribution in [2.24, 2.45) is 5.73 Å². The Balaban J connectivity index is 1.90. The van der Waals surface area contributed by atoms with Crippen molar-refractivity contribution in [1.82, 2.24) is 10.2 Å². The van der Waals surface area contributed by atoms with E-state index in [9.17, 15) is 24.6 Å². The number of ketones is 1. The number of benzene rings is 1. The predicted octanol–water partition coefficient (Wildman–Crippen LogP) is 0.411. The van der Waals surface area contributed by atoms with Crippen LogP contribution in [0.2, 0.25) is 0 Å². The molecule has 2 aliphatic rings. The van der Waals surface area contributed by atoms with Gasteiger partial charge in [-0.05, 0) is 6.42 Å². The minimum Gasteiger partial charge on any atom is -0.466 e. The van der Waals surface area contributed by atoms with Crippen LogP contribution in [0.15, 0.2) is 54.3 Å². The summed E-state index contributed by atoms with van der Waals surface area (Å²) in [7, 11) is 0. The number of aliphatic hydroxyl groups is 2. The molecule has 2 heterocycles. The fourth-order valence-electron chi connectivity index (χ4n) is 3.54. The quantitative estimate of drug-likeness (QED) is 0.255. The number of carbonyl (C=O) groups excluding carboxylic acids is 3. The summed E-state index contributed by atoms with van der Waals surface area (Å²) in [6, 6.07) is 7.65. The van der Waals surface area contributed by atoms with Crippen LogP contribution in [-0.2, 0) is 14.3 Å². The number of esters is 1. The molecule has 0 spiro atoms. The highest BCUT2D eigenvalue weighted by Crippen LogP contribution is 2.30. The second-order valence-electron chi connectivity index (χ2n) is 7.57. The lowest BCUT2D eigenvalue weighted by molar-refractivity contribution is -0.140. The van der Waals surface area contributed by atoms with E-state index in [2.05, 4.69) is 5.32 Å². The first-order chi connectivity index (χ1) is 15.3. The summed E-state index contributed by atoms with van der Waals surface area (Å²) in [6.45, 7) is 1.06. The van der Waals surface area contributed by atoms with Crippen molar-refractivity contribution >= 4 is 17.8 Å². The third-order valence-electron chi connectivity index (χ3n) is 5.25. The van der Waals surface area contributed by atoms with Crippen LogP contribution < -0.4 is 11.1 Å². The highest BCUT2D eigenvalue weighted by Gasteiger charge is 2.47. The van der Waals surface area contributed by atoms with Crippen molar-refractivity contribution in [1.29, 1.82) is 0 Å². The van der Waals surface area contributed by atoms with Crippen LogP contribution in [0.25, 0.3) is 0 Å². The number of nitrogens with one attached hydrogen (secondary N) is 1. The normalized spacial score (nSPS) is 27.9. The summed E-state index contributed by atoms with van der Waals surface area (Å²) in [6.07, 6.45) is 2.50. The molecule has 0 radical (unpaired) electrons. The number of rotatable bonds is 8. The number of nitrogens with two attached hydrogens (primary N) is 1. The summed E-state index contributed by atoms with van der Waals surface area (Å²) in [5.74, 6) is -0.917. The zero-order valence-electron chi connectivity index (χ0n) is 17.6. The largest absolute Gasteiger partial charge is 0.466 e. The predicted molar refractivity (Wildman–Crippen MR) is 113 cm³/mol. The monoisotopic (exact) mass is 445 g/mol. The molecular weight excluding hydrogens is 418 g/mol. The van der Waals surface area contributed by atoms with Crippen LogP contribution in [0.4, 0.5) is 4.79 Å². The van der Waals surface area contributed by atoms with Gasteiger partial charge in [0, 0.05) is 30.7 Å². The fraction of sp³-hybridized carbons (Fsp3) is 0.409. The van der Waals surface area contributed by atoms with Gasteiger partial charge in [0.05, 0.1) is 19.3 Å². The molecule has 0 aliphatic carbocycles. The summed E-state index contributed by atoms with van der Waals surface area (Å²) < 4.78 is 10.5. The lowest BCUT2D eigenvalue weighted by atomic mass is 9.89. The Bertz CT molecular complexity index is 917. The number of amides is 2. The number of urea groups is 1. The zero-order chi connectivity index (χ0) is 23.3. The van der Waals surface area contributed by atoms with Gasteiger partial charge in [-0.1, -0.05) is 42.5 Å². The number of carbonyl (C=O) groups is 3. The minimum atomic E-state index is -1.85. The van der Waals surface area contributed by atoms with Crippen LogP contribution in [0.3, 0.4) is 0 Å². The van der Waals surface area contributed by atoms with Crippen molar-refractivity contribution in [2.75, 3.05) is 13.2 Å². The van der Waals surface area contributed by atoms with Crippen LogP contribution in [0.1, 0.15) is 30.1 Å². The van der Waals surface area contributed by atoms with Crippen LogP contribution >= 0.6 is 0 Å². The summed E-state index contributed by atoms with van der Waals surface area (Å²) in [5.41, 5.74) is 5.18. The molecule has 2 amide bonds. The van der Waals surface area contributed by atoms with Crippen molar-refractivity contribution in [3.8, 4) is 0 Å². The molecule has 0 bridgehead atoms. The van der Waals surface area contributed by atoms with Gasteiger partial charge in [0.2, 0.25) is 5.78 Å². The van der Waals surface area contributed by atoms with E-state index < -0.39 is 48.5 Å². The van der Waals surface area contributed by atoms with Gasteiger partial charge in [-0.2, -0.15) is 0 Å². The fourth-order valence-corrected chi connectivity index (χ4v) is 3.54. The van der Waals surface area contributed by atoms with E-state index in [0.717, 1.165) is 0 Å². The van der Waals surface area contributed by atoms with Gasteiger partial charge in [-0.3, -0.25) is 20.2 Å². The van der Waals surface area contributed by atoms with Crippen LogP contribution in [0.5, 0.6) is 0 Å². The number of hydrogen-bond donors (Lipinski definition) is 4. The maximum Gasteiger partial charge on any atom is 0.325 e. The first-order valence-corrected chi connectivity index (χ1v) is 10.2. The standard InChI is InChI=1S/C22H27N3O7/c1-14(27)31-10-6-5-9-16-12-25(19-11-17(28)18(13-26)32-19)21(30)24-22(16,23)20(29)15-7-3-2-4-8-15/h2-5,7-9,12,17-19,26,28H,6,10-11,13,23H2,1H3,(H,24,30)/t17-,18+,19+,22?/m0/s1.